The molecule has 0 bridgehead atoms. The Morgan fingerprint density at radius 1 is 0.356 bits per heavy atom. The Kier molecular flexibility index (Phi) is 23.3. The van der Waals surface area contributed by atoms with Crippen LogP contribution in [0.5, 0.6) is 0 Å². The van der Waals surface area contributed by atoms with E-state index in [-0.39, 0.29) is 17.7 Å². The zero-order valence-electron chi connectivity index (χ0n) is 30.2. The van der Waals surface area contributed by atoms with Gasteiger partial charge in [0.1, 0.15) is 0 Å². The maximum atomic E-state index is 13.3. The van der Waals surface area contributed by atoms with Crippen molar-refractivity contribution in [1.82, 2.24) is 0 Å². The third-order valence-electron chi connectivity index (χ3n) is 8.94. The summed E-state index contributed by atoms with van der Waals surface area (Å²) in [7, 11) is 0. The lowest BCUT2D eigenvalue weighted by Gasteiger charge is -2.26. The van der Waals surface area contributed by atoms with Crippen molar-refractivity contribution in [2.24, 2.45) is 0 Å². The molecule has 1 aromatic carbocycles. The average Bonchev–Trinajstić information content (AvgIpc) is 3.02. The van der Waals surface area contributed by atoms with Crippen molar-refractivity contribution in [1.29, 1.82) is 0 Å². The molecule has 0 heterocycles. The van der Waals surface area contributed by atoms with Gasteiger partial charge in [-0.3, -0.25) is 14.4 Å². The summed E-state index contributed by atoms with van der Waals surface area (Å²) in [6.45, 7) is 12.9. The van der Waals surface area contributed by atoms with Crippen LogP contribution in [0.3, 0.4) is 0 Å². The van der Waals surface area contributed by atoms with Crippen molar-refractivity contribution < 1.29 is 14.4 Å². The molecule has 45 heavy (non-hydrogen) atoms. The van der Waals surface area contributed by atoms with Crippen LogP contribution < -0.4 is 16.0 Å². The molecule has 3 N–H and O–H groups in total. The van der Waals surface area contributed by atoms with E-state index in [4.69, 9.17) is 0 Å². The maximum absolute atomic E-state index is 13.3. The Hall–Kier alpha value is -2.37. The molecule has 6 nitrogen and oxygen atoms in total. The van der Waals surface area contributed by atoms with Crippen LogP contribution in [-0.4, -0.2) is 17.7 Å². The Balaban J connectivity index is 3.28. The van der Waals surface area contributed by atoms with Gasteiger partial charge >= 0.3 is 0 Å². The van der Waals surface area contributed by atoms with Crippen LogP contribution in [-0.2, 0) is 33.6 Å². The second-order valence-electron chi connectivity index (χ2n) is 12.8. The minimum absolute atomic E-state index is 0.00727. The predicted octanol–water partition coefficient (Wildman–Crippen LogP) is 11.4. The number of rotatable bonds is 27. The zero-order valence-corrected chi connectivity index (χ0v) is 30.2. The van der Waals surface area contributed by atoms with E-state index in [1.165, 1.54) is 57.8 Å². The number of carbonyl (C=O) groups excluding carboxylic acids is 3. The summed E-state index contributed by atoms with van der Waals surface area (Å²) >= 11 is 0. The van der Waals surface area contributed by atoms with Crippen molar-refractivity contribution in [3.05, 3.63) is 16.7 Å². The molecular weight excluding hydrogens is 558 g/mol. The van der Waals surface area contributed by atoms with Crippen LogP contribution in [0.15, 0.2) is 0 Å². The van der Waals surface area contributed by atoms with Crippen molar-refractivity contribution in [3.63, 3.8) is 0 Å². The summed E-state index contributed by atoms with van der Waals surface area (Å²) < 4.78 is 0. The number of amides is 3. The van der Waals surface area contributed by atoms with Crippen LogP contribution >= 0.6 is 0 Å². The fraction of sp³-hybridized carbons (Fsp3) is 0.769. The highest BCUT2D eigenvalue weighted by Crippen LogP contribution is 2.41. The average molecular weight is 628 g/mol. The largest absolute Gasteiger partial charge is 0.325 e. The second kappa shape index (κ2) is 25.8. The van der Waals surface area contributed by atoms with Gasteiger partial charge in [-0.1, -0.05) is 138 Å². The number of carbonyl (C=O) groups is 3. The van der Waals surface area contributed by atoms with Gasteiger partial charge in [0.05, 0.1) is 17.1 Å². The van der Waals surface area contributed by atoms with E-state index in [9.17, 15) is 14.4 Å². The fourth-order valence-corrected chi connectivity index (χ4v) is 6.24. The first-order valence-electron chi connectivity index (χ1n) is 19.0. The minimum Gasteiger partial charge on any atom is -0.325 e. The van der Waals surface area contributed by atoms with Crippen molar-refractivity contribution >= 4 is 34.8 Å². The predicted molar refractivity (Wildman–Crippen MR) is 194 cm³/mol. The van der Waals surface area contributed by atoms with Gasteiger partial charge in [-0.05, 0) is 55.2 Å². The van der Waals surface area contributed by atoms with Crippen LogP contribution in [0.2, 0.25) is 0 Å². The molecule has 0 radical (unpaired) electrons. The molecule has 6 heteroatoms. The molecule has 0 spiro atoms. The summed E-state index contributed by atoms with van der Waals surface area (Å²) in [5.74, 6) is 0.0218. The summed E-state index contributed by atoms with van der Waals surface area (Å²) in [6, 6.07) is 0. The molecule has 0 aliphatic heterocycles. The molecule has 0 unspecified atom stereocenters. The van der Waals surface area contributed by atoms with Crippen molar-refractivity contribution in [2.75, 3.05) is 16.0 Å². The Labute approximate surface area is 277 Å². The summed E-state index contributed by atoms with van der Waals surface area (Å²) in [5.41, 5.74) is 5.22. The lowest BCUT2D eigenvalue weighted by atomic mass is 9.91. The van der Waals surface area contributed by atoms with Gasteiger partial charge in [-0.2, -0.15) is 0 Å². The second-order valence-corrected chi connectivity index (χ2v) is 12.8. The highest BCUT2D eigenvalue weighted by Gasteiger charge is 2.25. The van der Waals surface area contributed by atoms with Gasteiger partial charge < -0.3 is 16.0 Å². The van der Waals surface area contributed by atoms with Gasteiger partial charge in [0.25, 0.3) is 0 Å². The number of hydrogen-bond donors (Lipinski definition) is 3. The first-order valence-corrected chi connectivity index (χ1v) is 19.0. The monoisotopic (exact) mass is 628 g/mol. The zero-order chi connectivity index (χ0) is 33.3. The molecule has 0 atom stereocenters. The SMILES string of the molecule is CCCCCCCCC(=O)Nc1c(CC)c(NC(=O)CCCCCCCC)c(CC)c(NC(=O)CCCCCCCC)c1CC. The number of nitrogens with one attached hydrogen (secondary N) is 3. The summed E-state index contributed by atoms with van der Waals surface area (Å²) in [6.07, 6.45) is 23.8. The van der Waals surface area contributed by atoms with E-state index in [0.717, 1.165) is 91.5 Å². The minimum atomic E-state index is 0.00727. The number of hydrogen-bond acceptors (Lipinski definition) is 3. The Morgan fingerprint density at radius 2 is 0.578 bits per heavy atom. The van der Waals surface area contributed by atoms with Crippen LogP contribution in [0.1, 0.15) is 193 Å². The lowest BCUT2D eigenvalue weighted by molar-refractivity contribution is -0.117. The van der Waals surface area contributed by atoms with E-state index in [1.54, 1.807) is 0 Å². The maximum Gasteiger partial charge on any atom is 0.224 e. The van der Waals surface area contributed by atoms with Gasteiger partial charge in [0.2, 0.25) is 17.7 Å². The molecule has 0 saturated heterocycles. The topological polar surface area (TPSA) is 87.3 Å². The number of anilines is 3. The molecule has 0 aliphatic rings. The van der Waals surface area contributed by atoms with E-state index in [1.807, 2.05) is 0 Å². The van der Waals surface area contributed by atoms with E-state index in [0.29, 0.717) is 38.5 Å². The lowest BCUT2D eigenvalue weighted by Crippen LogP contribution is -2.22. The smallest absolute Gasteiger partial charge is 0.224 e. The third-order valence-corrected chi connectivity index (χ3v) is 8.94. The molecular formula is C39H69N3O3. The standard InChI is InChI=1S/C39H69N3O3/c1-7-13-16-19-22-25-28-34(43)40-37-31(10-4)38(41-35(44)29-26-23-20-17-14-8-2)33(12-6)39(32(37)11-5)42-36(45)30-27-24-21-18-15-9-3/h7-30H2,1-6H3,(H,40,43)(H,41,44)(H,42,45). The van der Waals surface area contributed by atoms with Gasteiger partial charge in [0.15, 0.2) is 0 Å². The van der Waals surface area contributed by atoms with Crippen molar-refractivity contribution in [3.8, 4) is 0 Å². The highest BCUT2D eigenvalue weighted by atomic mass is 16.2. The van der Waals surface area contributed by atoms with E-state index >= 15 is 0 Å². The summed E-state index contributed by atoms with van der Waals surface area (Å²) in [5, 5.41) is 9.79. The normalized spacial score (nSPS) is 11.1. The molecule has 0 fully saturated rings. The van der Waals surface area contributed by atoms with E-state index < -0.39 is 0 Å². The number of benzene rings is 1. The third kappa shape index (κ3) is 16.1. The highest BCUT2D eigenvalue weighted by molar-refractivity contribution is 6.03. The molecule has 258 valence electrons. The molecule has 1 rings (SSSR count). The summed E-state index contributed by atoms with van der Waals surface area (Å²) in [4.78, 5) is 39.8. The van der Waals surface area contributed by atoms with Gasteiger partial charge in [0, 0.05) is 19.3 Å². The van der Waals surface area contributed by atoms with Crippen molar-refractivity contribution in [2.45, 2.75) is 196 Å². The quantitative estimate of drug-likeness (QED) is 0.0848. The molecule has 0 aliphatic carbocycles. The number of unbranched alkanes of at least 4 members (excludes halogenated alkanes) is 15. The van der Waals surface area contributed by atoms with Gasteiger partial charge in [-0.25, -0.2) is 0 Å². The Bertz CT molecular complexity index is 843. The molecule has 0 aromatic heterocycles. The fourth-order valence-electron chi connectivity index (χ4n) is 6.24. The first-order chi connectivity index (χ1) is 21.9. The van der Waals surface area contributed by atoms with Crippen LogP contribution in [0.25, 0.3) is 0 Å². The van der Waals surface area contributed by atoms with Crippen LogP contribution in [0, 0.1) is 0 Å². The Morgan fingerprint density at radius 3 is 0.800 bits per heavy atom. The molecule has 0 saturated carbocycles. The van der Waals surface area contributed by atoms with E-state index in [2.05, 4.69) is 57.5 Å². The molecule has 1 aromatic rings. The van der Waals surface area contributed by atoms with Crippen LogP contribution in [0.4, 0.5) is 17.1 Å². The first kappa shape index (κ1) is 40.7. The molecule has 3 amide bonds. The van der Waals surface area contributed by atoms with Gasteiger partial charge in [-0.15, -0.1) is 0 Å².